The number of carbonyl (C=O) groups excluding carboxylic acids is 1. The van der Waals surface area contributed by atoms with Gasteiger partial charge in [-0.3, -0.25) is 0 Å². The van der Waals surface area contributed by atoms with Crippen molar-refractivity contribution in [2.45, 2.75) is 30.7 Å². The second kappa shape index (κ2) is 5.55. The van der Waals surface area contributed by atoms with Crippen LogP contribution in [0.15, 0.2) is 0 Å². The van der Waals surface area contributed by atoms with Gasteiger partial charge in [-0.2, -0.15) is 0 Å². The fourth-order valence-corrected chi connectivity index (χ4v) is 1.59. The van der Waals surface area contributed by atoms with Gasteiger partial charge in [0.2, 0.25) is 0 Å². The van der Waals surface area contributed by atoms with Crippen LogP contribution in [0.3, 0.4) is 0 Å². The first-order valence-electron chi connectivity index (χ1n) is 4.71. The zero-order valence-electron chi connectivity index (χ0n) is 9.32. The van der Waals surface area contributed by atoms with Gasteiger partial charge in [-0.25, -0.2) is 4.79 Å². The van der Waals surface area contributed by atoms with Gasteiger partial charge in [0.05, 0.1) is 7.11 Å². The van der Waals surface area contributed by atoms with E-state index in [9.17, 15) is 15.0 Å². The van der Waals surface area contributed by atoms with Crippen molar-refractivity contribution in [3.05, 3.63) is 0 Å². The van der Waals surface area contributed by atoms with Crippen molar-refractivity contribution in [2.24, 2.45) is 0 Å². The molecule has 0 aromatic rings. The summed E-state index contributed by atoms with van der Waals surface area (Å²) >= 11 is 0. The predicted octanol–water partition coefficient (Wildman–Crippen LogP) is -1.73. The Kier molecular flexibility index (Phi) is 4.63. The molecule has 0 spiro atoms. The summed E-state index contributed by atoms with van der Waals surface area (Å²) in [5, 5.41) is 19.4. The molecule has 1 aliphatic heterocycles. The second-order valence-corrected chi connectivity index (χ2v) is 3.37. The largest absolute Gasteiger partial charge is 0.467 e. The van der Waals surface area contributed by atoms with Gasteiger partial charge in [0.15, 0.2) is 12.4 Å². The van der Waals surface area contributed by atoms with Crippen LogP contribution in [0.1, 0.15) is 0 Å². The summed E-state index contributed by atoms with van der Waals surface area (Å²) in [5.74, 6) is -0.775. The monoisotopic (exact) mass is 236 g/mol. The van der Waals surface area contributed by atoms with Gasteiger partial charge in [-0.05, 0) is 0 Å². The summed E-state index contributed by atoms with van der Waals surface area (Å²) in [5.41, 5.74) is 0. The molecule has 94 valence electrons. The van der Waals surface area contributed by atoms with E-state index in [0.717, 1.165) is 7.11 Å². The Morgan fingerprint density at radius 3 is 2.19 bits per heavy atom. The molecule has 5 atom stereocenters. The molecule has 0 aromatic heterocycles. The summed E-state index contributed by atoms with van der Waals surface area (Å²) in [6, 6.07) is 0. The van der Waals surface area contributed by atoms with Crippen LogP contribution in [0.25, 0.3) is 0 Å². The minimum Gasteiger partial charge on any atom is -0.467 e. The van der Waals surface area contributed by atoms with E-state index in [2.05, 4.69) is 4.74 Å². The maximum atomic E-state index is 11.3. The van der Waals surface area contributed by atoms with Crippen LogP contribution < -0.4 is 0 Å². The summed E-state index contributed by atoms with van der Waals surface area (Å²) in [6.45, 7) is 0. The molecule has 0 radical (unpaired) electrons. The molecule has 0 aliphatic carbocycles. The van der Waals surface area contributed by atoms with Crippen molar-refractivity contribution in [3.8, 4) is 0 Å². The minimum atomic E-state index is -1.41. The molecule has 0 aromatic carbocycles. The lowest BCUT2D eigenvalue weighted by Crippen LogP contribution is -2.60. The van der Waals surface area contributed by atoms with Crippen LogP contribution in [0.2, 0.25) is 0 Å². The summed E-state index contributed by atoms with van der Waals surface area (Å²) in [4.78, 5) is 11.3. The van der Waals surface area contributed by atoms with Crippen LogP contribution in [-0.4, -0.2) is 68.2 Å². The zero-order chi connectivity index (χ0) is 12.3. The molecule has 0 saturated carbocycles. The van der Waals surface area contributed by atoms with Gasteiger partial charge in [-0.1, -0.05) is 0 Å². The van der Waals surface area contributed by atoms with E-state index < -0.39 is 36.7 Å². The molecular formula is C9H16O7. The van der Waals surface area contributed by atoms with Crippen molar-refractivity contribution >= 4 is 5.97 Å². The van der Waals surface area contributed by atoms with Crippen molar-refractivity contribution in [2.75, 3.05) is 21.3 Å². The molecule has 1 fully saturated rings. The number of aliphatic hydroxyl groups is 2. The van der Waals surface area contributed by atoms with Gasteiger partial charge in [0.25, 0.3) is 0 Å². The summed E-state index contributed by atoms with van der Waals surface area (Å²) < 4.78 is 19.4. The van der Waals surface area contributed by atoms with Crippen LogP contribution in [0.4, 0.5) is 0 Å². The van der Waals surface area contributed by atoms with Gasteiger partial charge >= 0.3 is 5.97 Å². The molecule has 1 aliphatic rings. The molecule has 16 heavy (non-hydrogen) atoms. The Morgan fingerprint density at radius 1 is 1.12 bits per heavy atom. The molecule has 0 unspecified atom stereocenters. The van der Waals surface area contributed by atoms with Crippen LogP contribution >= 0.6 is 0 Å². The van der Waals surface area contributed by atoms with E-state index in [1.165, 1.54) is 14.2 Å². The number of methoxy groups -OCH3 is 3. The highest BCUT2D eigenvalue weighted by Gasteiger charge is 2.48. The smallest absolute Gasteiger partial charge is 0.337 e. The average molecular weight is 236 g/mol. The first-order valence-corrected chi connectivity index (χ1v) is 4.71. The number of hydrogen-bond acceptors (Lipinski definition) is 7. The van der Waals surface area contributed by atoms with Gasteiger partial charge in [0.1, 0.15) is 18.3 Å². The predicted molar refractivity (Wildman–Crippen MR) is 50.5 cm³/mol. The third-order valence-corrected chi connectivity index (χ3v) is 2.48. The highest BCUT2D eigenvalue weighted by atomic mass is 16.7. The first-order chi connectivity index (χ1) is 7.56. The van der Waals surface area contributed by atoms with E-state index in [0.29, 0.717) is 0 Å². The Bertz CT molecular complexity index is 242. The Morgan fingerprint density at radius 2 is 1.75 bits per heavy atom. The number of carbonyl (C=O) groups is 1. The standard InChI is InChI=1S/C9H16O7/c1-13-7-5(11)4(10)6(8(12)14-2)16-9(7)15-3/h4-7,9-11H,1-3H3/t4-,5-,6-,7-,9-/m0/s1. The van der Waals surface area contributed by atoms with Crippen molar-refractivity contribution in [1.82, 2.24) is 0 Å². The van der Waals surface area contributed by atoms with E-state index in [-0.39, 0.29) is 0 Å². The third-order valence-electron chi connectivity index (χ3n) is 2.48. The third kappa shape index (κ3) is 2.33. The van der Waals surface area contributed by atoms with Crippen molar-refractivity contribution < 1.29 is 34.0 Å². The Labute approximate surface area is 92.9 Å². The molecular weight excluding hydrogens is 220 g/mol. The lowest BCUT2D eigenvalue weighted by molar-refractivity contribution is -0.292. The molecule has 1 heterocycles. The Hall–Kier alpha value is -0.730. The SMILES string of the molecule is COC(=O)[C@H]1O[C@H](OC)[C@@H](OC)[C@@H](O)[C@@H]1O. The normalized spacial score (nSPS) is 39.4. The average Bonchev–Trinajstić information content (AvgIpc) is 2.31. The second-order valence-electron chi connectivity index (χ2n) is 3.37. The summed E-state index contributed by atoms with van der Waals surface area (Å²) in [7, 11) is 3.85. The molecule has 7 heteroatoms. The maximum absolute atomic E-state index is 11.3. The Balaban J connectivity index is 2.82. The van der Waals surface area contributed by atoms with E-state index in [4.69, 9.17) is 14.2 Å². The van der Waals surface area contributed by atoms with Crippen LogP contribution in [-0.2, 0) is 23.7 Å². The molecule has 1 saturated heterocycles. The van der Waals surface area contributed by atoms with Gasteiger partial charge in [0, 0.05) is 14.2 Å². The van der Waals surface area contributed by atoms with Crippen molar-refractivity contribution in [3.63, 3.8) is 0 Å². The van der Waals surface area contributed by atoms with Gasteiger partial charge < -0.3 is 29.2 Å². The lowest BCUT2D eigenvalue weighted by Gasteiger charge is -2.39. The molecule has 7 nitrogen and oxygen atoms in total. The van der Waals surface area contributed by atoms with E-state index in [1.807, 2.05) is 0 Å². The minimum absolute atomic E-state index is 0.775. The number of rotatable bonds is 3. The zero-order valence-corrected chi connectivity index (χ0v) is 9.32. The number of esters is 1. The highest BCUT2D eigenvalue weighted by Crippen LogP contribution is 2.24. The van der Waals surface area contributed by atoms with E-state index in [1.54, 1.807) is 0 Å². The maximum Gasteiger partial charge on any atom is 0.337 e. The number of ether oxygens (including phenoxy) is 4. The fraction of sp³-hybridized carbons (Fsp3) is 0.889. The molecule has 2 N–H and O–H groups in total. The number of hydrogen-bond donors (Lipinski definition) is 2. The molecule has 1 rings (SSSR count). The van der Waals surface area contributed by atoms with E-state index >= 15 is 0 Å². The summed E-state index contributed by atoms with van der Waals surface area (Å²) in [6.07, 6.45) is -5.78. The fourth-order valence-electron chi connectivity index (χ4n) is 1.59. The first kappa shape index (κ1) is 13.3. The van der Waals surface area contributed by atoms with Crippen LogP contribution in [0.5, 0.6) is 0 Å². The van der Waals surface area contributed by atoms with Crippen molar-refractivity contribution in [1.29, 1.82) is 0 Å². The van der Waals surface area contributed by atoms with Crippen LogP contribution in [0, 0.1) is 0 Å². The quantitative estimate of drug-likeness (QED) is 0.562. The highest BCUT2D eigenvalue weighted by molar-refractivity contribution is 5.75. The topological polar surface area (TPSA) is 94.5 Å². The van der Waals surface area contributed by atoms with Gasteiger partial charge in [-0.15, -0.1) is 0 Å². The molecule has 0 bridgehead atoms. The molecule has 0 amide bonds. The number of aliphatic hydroxyl groups excluding tert-OH is 2. The lowest BCUT2D eigenvalue weighted by atomic mass is 9.99.